The fourth-order valence-electron chi connectivity index (χ4n) is 3.98. The highest BCUT2D eigenvalue weighted by Gasteiger charge is 2.29. The van der Waals surface area contributed by atoms with Gasteiger partial charge in [-0.15, -0.1) is 5.10 Å². The monoisotopic (exact) mass is 428 g/mol. The Bertz CT molecular complexity index is 1250. The van der Waals surface area contributed by atoms with Crippen LogP contribution in [0.5, 0.6) is 5.75 Å². The number of morpholine rings is 1. The minimum Gasteiger partial charge on any atom is -0.497 e. The molecule has 7 heteroatoms. The number of fused-ring (bicyclic) bond motifs is 1. The second-order valence-electron chi connectivity index (χ2n) is 7.93. The molecular formula is C25H24N4O3. The number of rotatable bonds is 4. The van der Waals surface area contributed by atoms with E-state index in [2.05, 4.69) is 10.3 Å². The lowest BCUT2D eigenvalue weighted by Gasteiger charge is -2.32. The zero-order valence-corrected chi connectivity index (χ0v) is 18.1. The van der Waals surface area contributed by atoms with E-state index in [0.717, 1.165) is 33.7 Å². The Morgan fingerprint density at radius 1 is 1.03 bits per heavy atom. The van der Waals surface area contributed by atoms with E-state index in [9.17, 15) is 4.79 Å². The number of hydrogen-bond donors (Lipinski definition) is 0. The molecule has 162 valence electrons. The average Bonchev–Trinajstić information content (AvgIpc) is 3.27. The van der Waals surface area contributed by atoms with Gasteiger partial charge in [0.25, 0.3) is 5.91 Å². The van der Waals surface area contributed by atoms with Gasteiger partial charge >= 0.3 is 0 Å². The number of nitrogens with zero attached hydrogens (tertiary/aromatic N) is 4. The third-order valence-electron chi connectivity index (χ3n) is 5.82. The summed E-state index contributed by atoms with van der Waals surface area (Å²) in [5.41, 5.74) is 5.52. The highest BCUT2D eigenvalue weighted by Crippen LogP contribution is 2.28. The number of pyridine rings is 1. The molecule has 5 rings (SSSR count). The second-order valence-corrected chi connectivity index (χ2v) is 7.93. The number of amides is 1. The average molecular weight is 428 g/mol. The van der Waals surface area contributed by atoms with Crippen LogP contribution in [0.25, 0.3) is 16.6 Å². The van der Waals surface area contributed by atoms with Gasteiger partial charge in [-0.25, -0.2) is 4.52 Å². The number of aryl methyl sites for hydroxylation is 1. The molecule has 7 nitrogen and oxygen atoms in total. The van der Waals surface area contributed by atoms with Crippen LogP contribution < -0.4 is 4.74 Å². The molecule has 0 radical (unpaired) electrons. The van der Waals surface area contributed by atoms with Crippen LogP contribution in [0.4, 0.5) is 0 Å². The summed E-state index contributed by atoms with van der Waals surface area (Å²) in [4.78, 5) is 14.8. The molecule has 1 aliphatic rings. The van der Waals surface area contributed by atoms with Crippen LogP contribution in [0.3, 0.4) is 0 Å². The fraction of sp³-hybridized carbons (Fsp3) is 0.240. The van der Waals surface area contributed by atoms with E-state index in [1.165, 1.54) is 0 Å². The van der Waals surface area contributed by atoms with Crippen molar-refractivity contribution in [2.24, 2.45) is 0 Å². The Morgan fingerprint density at radius 3 is 2.53 bits per heavy atom. The first-order valence-electron chi connectivity index (χ1n) is 10.6. The van der Waals surface area contributed by atoms with Crippen molar-refractivity contribution in [3.05, 3.63) is 83.7 Å². The first-order valence-corrected chi connectivity index (χ1v) is 10.6. The first-order chi connectivity index (χ1) is 15.6. The summed E-state index contributed by atoms with van der Waals surface area (Å²) in [5, 5.41) is 8.70. The lowest BCUT2D eigenvalue weighted by atomic mass is 10.1. The Morgan fingerprint density at radius 2 is 1.78 bits per heavy atom. The van der Waals surface area contributed by atoms with E-state index in [-0.39, 0.29) is 12.0 Å². The molecule has 0 saturated carbocycles. The van der Waals surface area contributed by atoms with Crippen LogP contribution in [-0.2, 0) is 4.74 Å². The molecule has 1 amide bonds. The fourth-order valence-corrected chi connectivity index (χ4v) is 3.98. The Kier molecular flexibility index (Phi) is 5.33. The summed E-state index contributed by atoms with van der Waals surface area (Å²) in [5.74, 6) is 0.827. The standard InChI is InChI=1S/C25H24N4O3/c1-17-3-5-19(6-4-17)25(30)28-13-14-32-23(16-28)24-22-12-9-20(15-29(22)27-26-24)18-7-10-21(31-2)11-8-18/h3-12,15,23H,13-14,16H2,1-2H3/t23-/m1/s1. The van der Waals surface area contributed by atoms with Crippen molar-refractivity contribution in [1.82, 2.24) is 19.7 Å². The van der Waals surface area contributed by atoms with Crippen LogP contribution in [0, 0.1) is 6.92 Å². The molecular weight excluding hydrogens is 404 g/mol. The van der Waals surface area contributed by atoms with Gasteiger partial charge in [0.05, 0.1) is 25.8 Å². The summed E-state index contributed by atoms with van der Waals surface area (Å²) in [6.45, 7) is 3.48. The molecule has 32 heavy (non-hydrogen) atoms. The molecule has 0 spiro atoms. The highest BCUT2D eigenvalue weighted by molar-refractivity contribution is 5.94. The summed E-state index contributed by atoms with van der Waals surface area (Å²) in [6.07, 6.45) is 1.63. The number of ether oxygens (including phenoxy) is 2. The van der Waals surface area contributed by atoms with Gasteiger partial charge < -0.3 is 14.4 Å². The lowest BCUT2D eigenvalue weighted by Crippen LogP contribution is -2.42. The van der Waals surface area contributed by atoms with Gasteiger partial charge in [0, 0.05) is 23.9 Å². The molecule has 0 bridgehead atoms. The molecule has 1 atom stereocenters. The zero-order chi connectivity index (χ0) is 22.1. The highest BCUT2D eigenvalue weighted by atomic mass is 16.5. The summed E-state index contributed by atoms with van der Waals surface area (Å²) in [6, 6.07) is 19.6. The van der Waals surface area contributed by atoms with Crippen molar-refractivity contribution < 1.29 is 14.3 Å². The largest absolute Gasteiger partial charge is 0.497 e. The maximum absolute atomic E-state index is 13.0. The zero-order valence-electron chi connectivity index (χ0n) is 18.1. The van der Waals surface area contributed by atoms with Crippen molar-refractivity contribution in [3.63, 3.8) is 0 Å². The van der Waals surface area contributed by atoms with Crippen LogP contribution in [0.15, 0.2) is 66.9 Å². The molecule has 0 unspecified atom stereocenters. The van der Waals surface area contributed by atoms with Crippen molar-refractivity contribution in [3.8, 4) is 16.9 Å². The van der Waals surface area contributed by atoms with Crippen LogP contribution in [0.1, 0.15) is 27.7 Å². The Labute approximate surface area is 186 Å². The van der Waals surface area contributed by atoms with Gasteiger partial charge in [-0.2, -0.15) is 0 Å². The Balaban J connectivity index is 1.38. The van der Waals surface area contributed by atoms with Crippen molar-refractivity contribution in [1.29, 1.82) is 0 Å². The molecule has 0 N–H and O–H groups in total. The van der Waals surface area contributed by atoms with E-state index in [1.54, 1.807) is 11.6 Å². The minimum absolute atomic E-state index is 0.0107. The van der Waals surface area contributed by atoms with Crippen molar-refractivity contribution in [2.75, 3.05) is 26.8 Å². The third-order valence-corrected chi connectivity index (χ3v) is 5.82. The summed E-state index contributed by atoms with van der Waals surface area (Å²) in [7, 11) is 1.65. The second kappa shape index (κ2) is 8.43. The van der Waals surface area contributed by atoms with Gasteiger partial charge in [-0.3, -0.25) is 4.79 Å². The SMILES string of the molecule is COc1ccc(-c2ccc3c([C@H]4CN(C(=O)c5ccc(C)cc5)CCO4)nnn3c2)cc1. The van der Waals surface area contributed by atoms with Crippen molar-refractivity contribution >= 4 is 11.4 Å². The number of carbonyl (C=O) groups is 1. The van der Waals surface area contributed by atoms with Crippen LogP contribution in [0.2, 0.25) is 0 Å². The molecule has 3 heterocycles. The quantitative estimate of drug-likeness (QED) is 0.493. The maximum Gasteiger partial charge on any atom is 0.254 e. The van der Waals surface area contributed by atoms with E-state index >= 15 is 0 Å². The van der Waals surface area contributed by atoms with Gasteiger partial charge in [0.1, 0.15) is 17.5 Å². The number of hydrogen-bond acceptors (Lipinski definition) is 5. The molecule has 4 aromatic rings. The van der Waals surface area contributed by atoms with Gasteiger partial charge in [-0.1, -0.05) is 41.1 Å². The Hall–Kier alpha value is -3.71. The number of carbonyl (C=O) groups excluding carboxylic acids is 1. The third kappa shape index (κ3) is 3.83. The molecule has 1 aliphatic heterocycles. The van der Waals surface area contributed by atoms with Gasteiger partial charge in [-0.05, 0) is 42.8 Å². The predicted molar refractivity (Wildman–Crippen MR) is 121 cm³/mol. The van der Waals surface area contributed by atoms with E-state index in [0.29, 0.717) is 25.3 Å². The van der Waals surface area contributed by atoms with Gasteiger partial charge in [0.15, 0.2) is 0 Å². The molecule has 2 aromatic carbocycles. The number of aromatic nitrogens is 3. The smallest absolute Gasteiger partial charge is 0.254 e. The molecule has 1 saturated heterocycles. The van der Waals surface area contributed by atoms with E-state index in [4.69, 9.17) is 9.47 Å². The normalized spacial score (nSPS) is 16.3. The van der Waals surface area contributed by atoms with Crippen LogP contribution >= 0.6 is 0 Å². The molecule has 0 aliphatic carbocycles. The minimum atomic E-state index is -0.317. The van der Waals surface area contributed by atoms with E-state index < -0.39 is 0 Å². The summed E-state index contributed by atoms with van der Waals surface area (Å²) < 4.78 is 13.0. The topological polar surface area (TPSA) is 69.0 Å². The summed E-state index contributed by atoms with van der Waals surface area (Å²) >= 11 is 0. The van der Waals surface area contributed by atoms with Crippen LogP contribution in [-0.4, -0.2) is 52.4 Å². The lowest BCUT2D eigenvalue weighted by molar-refractivity contribution is -0.0241. The number of benzene rings is 2. The van der Waals surface area contributed by atoms with E-state index in [1.807, 2.05) is 78.7 Å². The molecule has 2 aromatic heterocycles. The van der Waals surface area contributed by atoms with Crippen molar-refractivity contribution in [2.45, 2.75) is 13.0 Å². The van der Waals surface area contributed by atoms with Gasteiger partial charge in [0.2, 0.25) is 0 Å². The first kappa shape index (κ1) is 20.2. The predicted octanol–water partition coefficient (Wildman–Crippen LogP) is 3.93. The molecule has 1 fully saturated rings. The number of methoxy groups -OCH3 is 1. The maximum atomic E-state index is 13.0.